The van der Waals surface area contributed by atoms with E-state index in [2.05, 4.69) is 18.8 Å². The molecule has 1 aromatic heterocycles. The van der Waals surface area contributed by atoms with E-state index in [-0.39, 0.29) is 11.9 Å². The van der Waals surface area contributed by atoms with Gasteiger partial charge in [0.15, 0.2) is 0 Å². The van der Waals surface area contributed by atoms with Crippen molar-refractivity contribution in [1.29, 1.82) is 0 Å². The number of rotatable bonds is 6. The molecule has 5 heteroatoms. The Balaban J connectivity index is 1.72. The fourth-order valence-corrected chi connectivity index (χ4v) is 3.52. The van der Waals surface area contributed by atoms with Crippen LogP contribution in [0.2, 0.25) is 0 Å². The minimum atomic E-state index is -0.609. The van der Waals surface area contributed by atoms with Crippen molar-refractivity contribution in [1.82, 2.24) is 4.98 Å². The number of carbonyl (C=O) groups is 1. The van der Waals surface area contributed by atoms with Crippen LogP contribution in [-0.4, -0.2) is 34.2 Å². The number of pyridine rings is 1. The van der Waals surface area contributed by atoms with Crippen LogP contribution < -0.4 is 9.64 Å². The summed E-state index contributed by atoms with van der Waals surface area (Å²) in [5.74, 6) is 2.26. The van der Waals surface area contributed by atoms with E-state index in [9.17, 15) is 9.90 Å². The molecular weight excluding hydrogens is 304 g/mol. The third kappa shape index (κ3) is 3.41. The Morgan fingerprint density at radius 1 is 1.42 bits per heavy atom. The summed E-state index contributed by atoms with van der Waals surface area (Å²) in [6, 6.07) is 2.09. The summed E-state index contributed by atoms with van der Waals surface area (Å²) in [5.41, 5.74) is 0.464. The first kappa shape index (κ1) is 17.2. The monoisotopic (exact) mass is 332 g/mol. The molecule has 1 saturated carbocycles. The molecule has 1 amide bonds. The summed E-state index contributed by atoms with van der Waals surface area (Å²) < 4.78 is 5.79. The van der Waals surface area contributed by atoms with E-state index < -0.39 is 5.60 Å². The number of amides is 1. The van der Waals surface area contributed by atoms with Gasteiger partial charge in [-0.05, 0) is 49.7 Å². The van der Waals surface area contributed by atoms with Crippen molar-refractivity contribution in [3.63, 3.8) is 0 Å². The molecule has 0 atom stereocenters. The van der Waals surface area contributed by atoms with E-state index in [1.54, 1.807) is 11.1 Å². The Hall–Kier alpha value is -1.62. The molecule has 0 saturated heterocycles. The zero-order chi connectivity index (χ0) is 17.3. The number of fused-ring (bicyclic) bond motifs is 1. The van der Waals surface area contributed by atoms with Crippen molar-refractivity contribution in [3.05, 3.63) is 17.8 Å². The van der Waals surface area contributed by atoms with Gasteiger partial charge < -0.3 is 9.84 Å². The number of aromatic nitrogens is 1. The molecule has 1 aliphatic heterocycles. The second kappa shape index (κ2) is 6.71. The lowest BCUT2D eigenvalue weighted by atomic mass is 9.73. The maximum atomic E-state index is 12.4. The number of aliphatic hydroxyl groups is 1. The molecular formula is C19H28N2O3. The first-order valence-corrected chi connectivity index (χ1v) is 9.08. The Kier molecular flexibility index (Phi) is 4.81. The molecule has 1 aromatic rings. The molecule has 5 nitrogen and oxygen atoms in total. The van der Waals surface area contributed by atoms with Crippen LogP contribution in [0, 0.1) is 5.92 Å². The standard InChI is InChI=1S/C19H28N2O3/c1-4-19(23)10-15(11-19)21-17(22)6-5-14-9-16(12-20-18(14)21)24-8-7-13(2)3/h9,12-13,15,23H,4-8,10-11H2,1-3H3/t15-,19+. The highest BCUT2D eigenvalue weighted by Crippen LogP contribution is 2.42. The average molecular weight is 332 g/mol. The first-order valence-electron chi connectivity index (χ1n) is 9.08. The molecule has 1 N–H and O–H groups in total. The van der Waals surface area contributed by atoms with E-state index in [0.717, 1.165) is 30.0 Å². The zero-order valence-electron chi connectivity index (χ0n) is 14.9. The van der Waals surface area contributed by atoms with E-state index in [4.69, 9.17) is 4.74 Å². The normalized spacial score (nSPS) is 26.3. The van der Waals surface area contributed by atoms with Gasteiger partial charge >= 0.3 is 0 Å². The Morgan fingerprint density at radius 3 is 2.83 bits per heavy atom. The first-order chi connectivity index (χ1) is 11.4. The zero-order valence-corrected chi connectivity index (χ0v) is 14.9. The number of nitrogens with zero attached hydrogens (tertiary/aromatic N) is 2. The molecule has 0 unspecified atom stereocenters. The minimum Gasteiger partial charge on any atom is -0.492 e. The van der Waals surface area contributed by atoms with Crippen molar-refractivity contribution < 1.29 is 14.6 Å². The molecule has 2 heterocycles. The quantitative estimate of drug-likeness (QED) is 0.869. The predicted molar refractivity (Wildman–Crippen MR) is 93.3 cm³/mol. The van der Waals surface area contributed by atoms with Crippen LogP contribution in [0.4, 0.5) is 5.82 Å². The summed E-state index contributed by atoms with van der Waals surface area (Å²) >= 11 is 0. The van der Waals surface area contributed by atoms with E-state index in [0.29, 0.717) is 38.2 Å². The van der Waals surface area contributed by atoms with E-state index in [1.807, 2.05) is 13.0 Å². The predicted octanol–water partition coefficient (Wildman–Crippen LogP) is 3.09. The average Bonchev–Trinajstić information content (AvgIpc) is 2.52. The van der Waals surface area contributed by atoms with Crippen LogP contribution in [0.1, 0.15) is 58.4 Å². The van der Waals surface area contributed by atoms with Crippen LogP contribution in [-0.2, 0) is 11.2 Å². The summed E-state index contributed by atoms with van der Waals surface area (Å²) in [7, 11) is 0. The van der Waals surface area contributed by atoms with Crippen molar-refractivity contribution in [3.8, 4) is 5.75 Å². The number of carbonyl (C=O) groups excluding carboxylic acids is 1. The highest BCUT2D eigenvalue weighted by Gasteiger charge is 2.47. The highest BCUT2D eigenvalue weighted by atomic mass is 16.5. The fourth-order valence-electron chi connectivity index (χ4n) is 3.52. The lowest BCUT2D eigenvalue weighted by Gasteiger charge is -2.49. The molecule has 0 spiro atoms. The lowest BCUT2D eigenvalue weighted by molar-refractivity contribution is -0.122. The molecule has 1 aliphatic carbocycles. The van der Waals surface area contributed by atoms with E-state index in [1.165, 1.54) is 0 Å². The molecule has 24 heavy (non-hydrogen) atoms. The number of hydrogen-bond acceptors (Lipinski definition) is 4. The SMILES string of the molecule is CC[C@]1(O)C[C@@H](N2C(=O)CCc3cc(OCCC(C)C)cnc32)C1. The summed E-state index contributed by atoms with van der Waals surface area (Å²) in [6.07, 6.45) is 5.96. The topological polar surface area (TPSA) is 62.7 Å². The molecule has 2 aliphatic rings. The lowest BCUT2D eigenvalue weighted by Crippen LogP contribution is -2.58. The van der Waals surface area contributed by atoms with Gasteiger partial charge in [0.05, 0.1) is 18.4 Å². The Bertz CT molecular complexity index is 609. The molecule has 0 radical (unpaired) electrons. The molecule has 0 aromatic carbocycles. The molecule has 3 rings (SSSR count). The van der Waals surface area contributed by atoms with Gasteiger partial charge in [-0.1, -0.05) is 20.8 Å². The fraction of sp³-hybridized carbons (Fsp3) is 0.684. The maximum absolute atomic E-state index is 12.4. The van der Waals surface area contributed by atoms with Gasteiger partial charge in [0.2, 0.25) is 5.91 Å². The van der Waals surface area contributed by atoms with Crippen LogP contribution >= 0.6 is 0 Å². The molecule has 1 fully saturated rings. The number of ether oxygens (including phenoxy) is 1. The van der Waals surface area contributed by atoms with Crippen molar-refractivity contribution >= 4 is 11.7 Å². The van der Waals surface area contributed by atoms with Crippen LogP contribution in [0.25, 0.3) is 0 Å². The van der Waals surface area contributed by atoms with Gasteiger partial charge in [0.25, 0.3) is 0 Å². The summed E-state index contributed by atoms with van der Waals surface area (Å²) in [5, 5.41) is 10.3. The molecule has 0 bridgehead atoms. The number of anilines is 1. The summed E-state index contributed by atoms with van der Waals surface area (Å²) in [6.45, 7) is 7.02. The van der Waals surface area contributed by atoms with Gasteiger partial charge in [-0.3, -0.25) is 9.69 Å². The van der Waals surface area contributed by atoms with Crippen LogP contribution in [0.15, 0.2) is 12.3 Å². The number of hydrogen-bond donors (Lipinski definition) is 1. The van der Waals surface area contributed by atoms with Crippen LogP contribution in [0.5, 0.6) is 5.75 Å². The Labute approximate surface area is 144 Å². The van der Waals surface area contributed by atoms with Gasteiger partial charge in [-0.15, -0.1) is 0 Å². The third-order valence-corrected chi connectivity index (χ3v) is 5.24. The number of aryl methyl sites for hydroxylation is 1. The minimum absolute atomic E-state index is 0.0710. The van der Waals surface area contributed by atoms with Crippen molar-refractivity contribution in [2.24, 2.45) is 5.92 Å². The van der Waals surface area contributed by atoms with Crippen molar-refractivity contribution in [2.75, 3.05) is 11.5 Å². The second-order valence-corrected chi connectivity index (χ2v) is 7.59. The van der Waals surface area contributed by atoms with Crippen molar-refractivity contribution in [2.45, 2.75) is 70.9 Å². The summed E-state index contributed by atoms with van der Waals surface area (Å²) in [4.78, 5) is 18.7. The smallest absolute Gasteiger partial charge is 0.228 e. The van der Waals surface area contributed by atoms with Gasteiger partial charge in [-0.2, -0.15) is 0 Å². The third-order valence-electron chi connectivity index (χ3n) is 5.24. The largest absolute Gasteiger partial charge is 0.492 e. The van der Waals surface area contributed by atoms with Gasteiger partial charge in [-0.25, -0.2) is 4.98 Å². The van der Waals surface area contributed by atoms with E-state index >= 15 is 0 Å². The highest BCUT2D eigenvalue weighted by molar-refractivity contribution is 5.96. The van der Waals surface area contributed by atoms with Gasteiger partial charge in [0.1, 0.15) is 11.6 Å². The second-order valence-electron chi connectivity index (χ2n) is 7.59. The van der Waals surface area contributed by atoms with Gasteiger partial charge in [0, 0.05) is 12.5 Å². The Morgan fingerprint density at radius 2 is 2.17 bits per heavy atom. The maximum Gasteiger partial charge on any atom is 0.228 e. The van der Waals surface area contributed by atoms with Crippen LogP contribution in [0.3, 0.4) is 0 Å². The molecule has 132 valence electrons.